The second kappa shape index (κ2) is 4.42. The van der Waals surface area contributed by atoms with Gasteiger partial charge in [0.2, 0.25) is 0 Å². The Balaban J connectivity index is 2.06. The van der Waals surface area contributed by atoms with Gasteiger partial charge in [0.1, 0.15) is 12.0 Å². The Kier molecular flexibility index (Phi) is 2.62. The highest BCUT2D eigenvalue weighted by atomic mass is 16.5. The maximum absolute atomic E-state index is 5.13. The van der Waals surface area contributed by atoms with Crippen molar-refractivity contribution >= 4 is 5.57 Å². The molecule has 0 spiro atoms. The van der Waals surface area contributed by atoms with Crippen molar-refractivity contribution in [1.29, 1.82) is 0 Å². The van der Waals surface area contributed by atoms with Crippen LogP contribution in [-0.2, 0) is 0 Å². The van der Waals surface area contributed by atoms with E-state index in [4.69, 9.17) is 4.52 Å². The van der Waals surface area contributed by atoms with Gasteiger partial charge in [0.25, 0.3) is 0 Å². The molecule has 0 atom stereocenters. The van der Waals surface area contributed by atoms with Gasteiger partial charge >= 0.3 is 0 Å². The second-order valence-corrected chi connectivity index (χ2v) is 4.08. The van der Waals surface area contributed by atoms with Crippen LogP contribution in [0.15, 0.2) is 59.3 Å². The smallest absolute Gasteiger partial charge is 0.132 e. The summed E-state index contributed by atoms with van der Waals surface area (Å²) in [6, 6.07) is 10.2. The average molecular weight is 223 g/mol. The van der Waals surface area contributed by atoms with Crippen LogP contribution in [0.4, 0.5) is 0 Å². The van der Waals surface area contributed by atoms with Crippen molar-refractivity contribution in [1.82, 2.24) is 5.16 Å². The van der Waals surface area contributed by atoms with Crippen LogP contribution < -0.4 is 0 Å². The Morgan fingerprint density at radius 2 is 1.94 bits per heavy atom. The van der Waals surface area contributed by atoms with Crippen LogP contribution in [0.2, 0.25) is 0 Å². The van der Waals surface area contributed by atoms with E-state index in [0.717, 1.165) is 35.2 Å². The quantitative estimate of drug-likeness (QED) is 0.766. The van der Waals surface area contributed by atoms with Crippen molar-refractivity contribution in [2.24, 2.45) is 0 Å². The zero-order valence-corrected chi connectivity index (χ0v) is 9.47. The summed E-state index contributed by atoms with van der Waals surface area (Å²) in [6.45, 7) is 0. The molecule has 0 radical (unpaired) electrons. The monoisotopic (exact) mass is 223 g/mol. The van der Waals surface area contributed by atoms with Crippen LogP contribution in [0.25, 0.3) is 16.7 Å². The van der Waals surface area contributed by atoms with Crippen molar-refractivity contribution in [2.75, 3.05) is 0 Å². The van der Waals surface area contributed by atoms with Gasteiger partial charge in [-0.05, 0) is 24.0 Å². The van der Waals surface area contributed by atoms with E-state index in [-0.39, 0.29) is 0 Å². The highest BCUT2D eigenvalue weighted by Gasteiger charge is 2.13. The summed E-state index contributed by atoms with van der Waals surface area (Å²) in [5.41, 5.74) is 4.29. The minimum absolute atomic E-state index is 0.937. The molecular weight excluding hydrogens is 210 g/mol. The van der Waals surface area contributed by atoms with E-state index in [0.29, 0.717) is 0 Å². The molecule has 0 bridgehead atoms. The number of allylic oxidation sites excluding steroid dienone is 4. The Labute approximate surface area is 100 Å². The fraction of sp³-hybridized carbons (Fsp3) is 0.133. The molecule has 0 saturated carbocycles. The number of nitrogens with zero attached hydrogens (tertiary/aromatic N) is 1. The van der Waals surface area contributed by atoms with Crippen molar-refractivity contribution in [3.63, 3.8) is 0 Å². The van der Waals surface area contributed by atoms with Gasteiger partial charge in [0, 0.05) is 5.56 Å². The summed E-state index contributed by atoms with van der Waals surface area (Å²) < 4.78 is 5.13. The van der Waals surface area contributed by atoms with E-state index < -0.39 is 0 Å². The van der Waals surface area contributed by atoms with Crippen molar-refractivity contribution in [2.45, 2.75) is 12.8 Å². The van der Waals surface area contributed by atoms with Gasteiger partial charge < -0.3 is 4.52 Å². The molecular formula is C15H13NO. The Bertz CT molecular complexity index is 564. The molecule has 0 saturated heterocycles. The topological polar surface area (TPSA) is 26.0 Å². The lowest BCUT2D eigenvalue weighted by molar-refractivity contribution is 0.418. The van der Waals surface area contributed by atoms with Gasteiger partial charge in [-0.15, -0.1) is 0 Å². The summed E-state index contributed by atoms with van der Waals surface area (Å²) in [5, 5.41) is 4.12. The lowest BCUT2D eigenvalue weighted by Crippen LogP contribution is -1.89. The third-order valence-corrected chi connectivity index (χ3v) is 2.92. The highest BCUT2D eigenvalue weighted by molar-refractivity contribution is 5.83. The molecule has 0 N–H and O–H groups in total. The molecule has 17 heavy (non-hydrogen) atoms. The van der Waals surface area contributed by atoms with Crippen molar-refractivity contribution in [3.8, 4) is 11.1 Å². The van der Waals surface area contributed by atoms with E-state index >= 15 is 0 Å². The normalized spacial score (nSPS) is 14.7. The van der Waals surface area contributed by atoms with Crippen molar-refractivity contribution < 1.29 is 4.52 Å². The lowest BCUT2D eigenvalue weighted by atomic mass is 9.98. The number of benzene rings is 1. The summed E-state index contributed by atoms with van der Waals surface area (Å²) in [7, 11) is 0. The summed E-state index contributed by atoms with van der Waals surface area (Å²) >= 11 is 0. The summed E-state index contributed by atoms with van der Waals surface area (Å²) in [4.78, 5) is 0. The maximum Gasteiger partial charge on any atom is 0.132 e. The van der Waals surface area contributed by atoms with Crippen molar-refractivity contribution in [3.05, 3.63) is 60.5 Å². The van der Waals surface area contributed by atoms with Crippen LogP contribution in [-0.4, -0.2) is 5.16 Å². The zero-order chi connectivity index (χ0) is 11.5. The Hall–Kier alpha value is -2.09. The number of hydrogen-bond acceptors (Lipinski definition) is 2. The first-order valence-electron chi connectivity index (χ1n) is 5.82. The van der Waals surface area contributed by atoms with Gasteiger partial charge in [0.15, 0.2) is 0 Å². The molecule has 1 aromatic carbocycles. The average Bonchev–Trinajstić information content (AvgIpc) is 2.90. The molecule has 0 amide bonds. The largest absolute Gasteiger partial charge is 0.363 e. The number of aromatic nitrogens is 1. The SMILES string of the molecule is C1=CC(c2nocc2-c2ccccc2)=CCC1. The maximum atomic E-state index is 5.13. The van der Waals surface area contributed by atoms with Crippen LogP contribution in [0.1, 0.15) is 18.5 Å². The number of hydrogen-bond donors (Lipinski definition) is 0. The van der Waals surface area contributed by atoms with E-state index in [1.165, 1.54) is 0 Å². The van der Waals surface area contributed by atoms with Crippen LogP contribution in [0.3, 0.4) is 0 Å². The predicted molar refractivity (Wildman–Crippen MR) is 68.3 cm³/mol. The van der Waals surface area contributed by atoms with Gasteiger partial charge in [-0.2, -0.15) is 0 Å². The standard InChI is InChI=1S/C15H13NO/c1-3-7-12(8-4-1)14-11-17-16-15(14)13-9-5-2-6-10-13/h1,3-5,7-11H,2,6H2. The van der Waals surface area contributed by atoms with Crippen LogP contribution in [0, 0.1) is 0 Å². The minimum atomic E-state index is 0.937. The van der Waals surface area contributed by atoms with E-state index in [9.17, 15) is 0 Å². The molecule has 2 heteroatoms. The number of rotatable bonds is 2. The molecule has 0 unspecified atom stereocenters. The Morgan fingerprint density at radius 1 is 1.06 bits per heavy atom. The summed E-state index contributed by atoms with van der Waals surface area (Å²) in [6.07, 6.45) is 10.4. The molecule has 0 fully saturated rings. The lowest BCUT2D eigenvalue weighted by Gasteiger charge is -2.05. The van der Waals surface area contributed by atoms with Gasteiger partial charge in [-0.1, -0.05) is 53.7 Å². The van der Waals surface area contributed by atoms with E-state index in [1.807, 2.05) is 18.2 Å². The molecule has 2 aromatic rings. The molecule has 1 aliphatic rings. The molecule has 0 aliphatic heterocycles. The molecule has 84 valence electrons. The predicted octanol–water partition coefficient (Wildman–Crippen LogP) is 4.08. The third-order valence-electron chi connectivity index (χ3n) is 2.92. The molecule has 1 aromatic heterocycles. The Morgan fingerprint density at radius 3 is 2.71 bits per heavy atom. The van der Waals surface area contributed by atoms with Gasteiger partial charge in [-0.25, -0.2) is 0 Å². The molecule has 2 nitrogen and oxygen atoms in total. The molecule has 1 heterocycles. The first-order chi connectivity index (χ1) is 8.45. The molecule has 3 rings (SSSR count). The second-order valence-electron chi connectivity index (χ2n) is 4.08. The highest BCUT2D eigenvalue weighted by Crippen LogP contribution is 2.30. The van der Waals surface area contributed by atoms with Gasteiger partial charge in [0.05, 0.1) is 0 Å². The van der Waals surface area contributed by atoms with Crippen LogP contribution in [0.5, 0.6) is 0 Å². The third kappa shape index (κ3) is 1.94. The van der Waals surface area contributed by atoms with E-state index in [1.54, 1.807) is 6.26 Å². The van der Waals surface area contributed by atoms with Crippen LogP contribution >= 0.6 is 0 Å². The zero-order valence-electron chi connectivity index (χ0n) is 9.47. The fourth-order valence-corrected chi connectivity index (χ4v) is 2.06. The van der Waals surface area contributed by atoms with Gasteiger partial charge in [-0.3, -0.25) is 0 Å². The fourth-order valence-electron chi connectivity index (χ4n) is 2.06. The first-order valence-corrected chi connectivity index (χ1v) is 5.82. The van der Waals surface area contributed by atoms with E-state index in [2.05, 4.69) is 35.5 Å². The first kappa shape index (κ1) is 10.1. The minimum Gasteiger partial charge on any atom is -0.363 e. The summed E-state index contributed by atoms with van der Waals surface area (Å²) in [5.74, 6) is 0. The molecule has 1 aliphatic carbocycles.